The summed E-state index contributed by atoms with van der Waals surface area (Å²) in [7, 11) is 1.57. The van der Waals surface area contributed by atoms with Gasteiger partial charge in [0, 0.05) is 17.1 Å². The summed E-state index contributed by atoms with van der Waals surface area (Å²) in [6.07, 6.45) is -10.1. The van der Waals surface area contributed by atoms with Crippen molar-refractivity contribution in [3.05, 3.63) is 94.8 Å². The van der Waals surface area contributed by atoms with Crippen LogP contribution in [-0.4, -0.2) is 27.9 Å². The zero-order valence-electron chi connectivity index (χ0n) is 22.5. The van der Waals surface area contributed by atoms with Gasteiger partial charge in [0.15, 0.2) is 11.0 Å². The van der Waals surface area contributed by atoms with Crippen LogP contribution in [0.3, 0.4) is 0 Å². The first-order valence-electron chi connectivity index (χ1n) is 12.4. The Kier molecular flexibility index (Phi) is 9.04. The molecule has 0 aliphatic rings. The molecule has 0 bridgehead atoms. The van der Waals surface area contributed by atoms with Gasteiger partial charge in [0.05, 0.1) is 24.3 Å². The maximum absolute atomic E-state index is 13.2. The van der Waals surface area contributed by atoms with E-state index in [1.807, 2.05) is 55.5 Å². The summed E-state index contributed by atoms with van der Waals surface area (Å²) < 4.78 is 86.3. The van der Waals surface area contributed by atoms with Crippen LogP contribution in [0.1, 0.15) is 41.0 Å². The van der Waals surface area contributed by atoms with E-state index in [-0.39, 0.29) is 6.07 Å². The number of aromatic nitrogens is 3. The first-order chi connectivity index (χ1) is 19.7. The van der Waals surface area contributed by atoms with Gasteiger partial charge in [-0.2, -0.15) is 26.3 Å². The number of rotatable bonds is 8. The predicted octanol–water partition coefficient (Wildman–Crippen LogP) is 7.80. The summed E-state index contributed by atoms with van der Waals surface area (Å²) in [6.45, 7) is 3.49. The maximum atomic E-state index is 13.2. The number of ether oxygens (including phenoxy) is 1. The van der Waals surface area contributed by atoms with Gasteiger partial charge in [-0.1, -0.05) is 41.6 Å². The number of nitrogens with zero attached hydrogens (tertiary/aromatic N) is 3. The lowest BCUT2D eigenvalue weighted by molar-refractivity contribution is -0.143. The number of hydrogen-bond acceptors (Lipinski definition) is 5. The normalized spacial score (nSPS) is 12.6. The molecule has 7 nitrogen and oxygen atoms in total. The fourth-order valence-corrected chi connectivity index (χ4v) is 4.86. The third-order valence-electron chi connectivity index (χ3n) is 6.03. The van der Waals surface area contributed by atoms with Crippen molar-refractivity contribution in [1.82, 2.24) is 20.1 Å². The van der Waals surface area contributed by atoms with Gasteiger partial charge in [-0.15, -0.1) is 10.2 Å². The number of halogens is 6. The number of thioether (sulfide) groups is 1. The van der Waals surface area contributed by atoms with Crippen LogP contribution >= 0.6 is 11.8 Å². The second kappa shape index (κ2) is 12.3. The molecule has 2 amide bonds. The summed E-state index contributed by atoms with van der Waals surface area (Å²) in [4.78, 5) is 12.7. The van der Waals surface area contributed by atoms with E-state index in [9.17, 15) is 31.1 Å². The molecule has 2 N–H and O–H groups in total. The lowest BCUT2D eigenvalue weighted by Crippen LogP contribution is -2.32. The van der Waals surface area contributed by atoms with Crippen LogP contribution in [-0.2, 0) is 18.1 Å². The van der Waals surface area contributed by atoms with Gasteiger partial charge in [0.25, 0.3) is 0 Å². The topological polar surface area (TPSA) is 81.1 Å². The molecule has 42 heavy (non-hydrogen) atoms. The van der Waals surface area contributed by atoms with Crippen LogP contribution in [0.2, 0.25) is 0 Å². The Bertz CT molecular complexity index is 1520. The summed E-state index contributed by atoms with van der Waals surface area (Å²) in [5, 5.41) is 13.6. The Morgan fingerprint density at radius 3 is 2.19 bits per heavy atom. The van der Waals surface area contributed by atoms with Crippen LogP contribution in [0.5, 0.6) is 5.75 Å². The van der Waals surface area contributed by atoms with Gasteiger partial charge in [0.2, 0.25) is 0 Å². The van der Waals surface area contributed by atoms with Gasteiger partial charge in [0.1, 0.15) is 5.75 Å². The van der Waals surface area contributed by atoms with Crippen molar-refractivity contribution >= 4 is 23.5 Å². The predicted molar refractivity (Wildman–Crippen MR) is 146 cm³/mol. The van der Waals surface area contributed by atoms with E-state index in [2.05, 4.69) is 20.8 Å². The molecule has 0 aliphatic heterocycles. The number of nitrogens with one attached hydrogen (secondary N) is 2. The molecule has 4 aromatic rings. The van der Waals surface area contributed by atoms with Crippen LogP contribution in [0.25, 0.3) is 5.69 Å². The van der Waals surface area contributed by atoms with E-state index in [1.165, 1.54) is 11.8 Å². The van der Waals surface area contributed by atoms with Crippen molar-refractivity contribution in [2.45, 2.75) is 43.2 Å². The molecule has 1 unspecified atom stereocenters. The lowest BCUT2D eigenvalue weighted by Gasteiger charge is -2.18. The highest BCUT2D eigenvalue weighted by molar-refractivity contribution is 7.98. The maximum Gasteiger partial charge on any atom is 0.416 e. The molecule has 1 atom stereocenters. The first-order valence-corrected chi connectivity index (χ1v) is 13.4. The molecule has 222 valence electrons. The molecule has 4 rings (SSSR count). The number of alkyl halides is 6. The van der Waals surface area contributed by atoms with E-state index in [0.29, 0.717) is 40.3 Å². The molecule has 0 spiro atoms. The molecule has 0 aliphatic carbocycles. The van der Waals surface area contributed by atoms with E-state index in [1.54, 1.807) is 18.6 Å². The zero-order chi connectivity index (χ0) is 30.7. The molecule has 0 radical (unpaired) electrons. The monoisotopic (exact) mass is 609 g/mol. The van der Waals surface area contributed by atoms with Gasteiger partial charge < -0.3 is 15.4 Å². The third kappa shape index (κ3) is 7.55. The minimum atomic E-state index is -5.05. The molecule has 0 saturated carbocycles. The van der Waals surface area contributed by atoms with Crippen molar-refractivity contribution < 1.29 is 35.9 Å². The smallest absolute Gasteiger partial charge is 0.416 e. The fourth-order valence-electron chi connectivity index (χ4n) is 3.96. The minimum absolute atomic E-state index is 0.0134. The molecule has 3 aromatic carbocycles. The minimum Gasteiger partial charge on any atom is -0.497 e. The van der Waals surface area contributed by atoms with Crippen LogP contribution in [0.15, 0.2) is 71.9 Å². The second-order valence-electron chi connectivity index (χ2n) is 9.27. The summed E-state index contributed by atoms with van der Waals surface area (Å²) >= 11 is 1.38. The van der Waals surface area contributed by atoms with Gasteiger partial charge in [-0.25, -0.2) is 4.79 Å². The highest BCUT2D eigenvalue weighted by Gasteiger charge is 2.37. The van der Waals surface area contributed by atoms with E-state index >= 15 is 0 Å². The second-order valence-corrected chi connectivity index (χ2v) is 10.2. The lowest BCUT2D eigenvalue weighted by atomic mass is 10.1. The molecule has 1 aromatic heterocycles. The van der Waals surface area contributed by atoms with Gasteiger partial charge in [-0.3, -0.25) is 4.57 Å². The highest BCUT2D eigenvalue weighted by Crippen LogP contribution is 2.37. The van der Waals surface area contributed by atoms with Crippen molar-refractivity contribution in [2.75, 3.05) is 12.4 Å². The Morgan fingerprint density at radius 2 is 1.60 bits per heavy atom. The quantitative estimate of drug-likeness (QED) is 0.157. The molecular formula is C28H25F6N5O2S. The summed E-state index contributed by atoms with van der Waals surface area (Å²) in [6, 6.07) is 13.9. The van der Waals surface area contributed by atoms with Gasteiger partial charge in [-0.05, 0) is 61.9 Å². The van der Waals surface area contributed by atoms with Crippen LogP contribution < -0.4 is 15.4 Å². The summed E-state index contributed by atoms with van der Waals surface area (Å²) in [5.41, 5.74) is -1.10. The van der Waals surface area contributed by atoms with E-state index < -0.39 is 41.2 Å². The van der Waals surface area contributed by atoms with Gasteiger partial charge >= 0.3 is 18.4 Å². The number of benzene rings is 3. The highest BCUT2D eigenvalue weighted by atomic mass is 32.2. The SMILES string of the molecule is COc1cccc(CSc2nnc(C(C)NC(=O)Nc3cc(C(F)(F)F)cc(C(F)(F)F)c3)n2-c2ccc(C)cc2)c1. The number of hydrogen-bond donors (Lipinski definition) is 2. The average Bonchev–Trinajstić information content (AvgIpc) is 3.35. The van der Waals surface area contributed by atoms with E-state index in [0.717, 1.165) is 11.1 Å². The van der Waals surface area contributed by atoms with Crippen LogP contribution in [0, 0.1) is 6.92 Å². The molecule has 14 heteroatoms. The Morgan fingerprint density at radius 1 is 0.952 bits per heavy atom. The fraction of sp³-hybridized carbons (Fsp3) is 0.250. The molecule has 1 heterocycles. The number of urea groups is 1. The Balaban J connectivity index is 1.58. The van der Waals surface area contributed by atoms with Crippen molar-refractivity contribution in [1.29, 1.82) is 0 Å². The third-order valence-corrected chi connectivity index (χ3v) is 7.03. The van der Waals surface area contributed by atoms with Crippen molar-refractivity contribution in [2.24, 2.45) is 0 Å². The van der Waals surface area contributed by atoms with Crippen molar-refractivity contribution in [3.63, 3.8) is 0 Å². The average molecular weight is 610 g/mol. The van der Waals surface area contributed by atoms with Crippen molar-refractivity contribution in [3.8, 4) is 11.4 Å². The Labute approximate surface area is 241 Å². The molecular weight excluding hydrogens is 584 g/mol. The Hall–Kier alpha value is -4.20. The number of anilines is 1. The zero-order valence-corrected chi connectivity index (χ0v) is 23.3. The molecule has 0 fully saturated rings. The number of methoxy groups -OCH3 is 1. The van der Waals surface area contributed by atoms with E-state index in [4.69, 9.17) is 4.74 Å². The number of aryl methyl sites for hydroxylation is 1. The summed E-state index contributed by atoms with van der Waals surface area (Å²) in [5.74, 6) is 1.50. The first kappa shape index (κ1) is 30.8. The molecule has 0 saturated heterocycles. The number of carbonyl (C=O) groups excluding carboxylic acids is 1. The largest absolute Gasteiger partial charge is 0.497 e. The standard InChI is InChI=1S/C28H25F6N5O2S/c1-16-7-9-22(10-8-16)39-24(37-38-26(39)42-15-18-5-4-6-23(11-18)41-3)17(2)35-25(40)36-21-13-19(27(29,30)31)12-20(14-21)28(32,33)34/h4-14,17H,15H2,1-3H3,(H2,35,36,40). The van der Waals surface area contributed by atoms with Crippen LogP contribution in [0.4, 0.5) is 36.8 Å². The number of carbonyl (C=O) groups is 1. The number of amides is 2.